The number of carbonyl (C=O) groups is 1. The van der Waals surface area contributed by atoms with Gasteiger partial charge in [0.2, 0.25) is 0 Å². The van der Waals surface area contributed by atoms with Gasteiger partial charge >= 0.3 is 0 Å². The zero-order valence-electron chi connectivity index (χ0n) is 13.2. The van der Waals surface area contributed by atoms with E-state index in [1.807, 2.05) is 31.2 Å². The molecule has 2 aromatic rings. The fourth-order valence-corrected chi connectivity index (χ4v) is 2.00. The molecule has 0 aromatic heterocycles. The molecule has 0 unspecified atom stereocenters. The number of nitrogens with one attached hydrogen (secondary N) is 1. The topological polar surface area (TPSA) is 50.7 Å². The molecule has 5 heteroatoms. The van der Waals surface area contributed by atoms with Gasteiger partial charge < -0.3 is 4.74 Å². The molecule has 0 saturated carbocycles. The van der Waals surface area contributed by atoms with Gasteiger partial charge in [-0.1, -0.05) is 18.5 Å². The largest absolute Gasteiger partial charge is 0.494 e. The molecule has 0 saturated heterocycles. The van der Waals surface area contributed by atoms with Gasteiger partial charge in [0.15, 0.2) is 0 Å². The van der Waals surface area contributed by atoms with Gasteiger partial charge in [-0.3, -0.25) is 4.79 Å². The summed E-state index contributed by atoms with van der Waals surface area (Å²) in [6.07, 6.45) is 0.971. The van der Waals surface area contributed by atoms with Crippen molar-refractivity contribution < 1.29 is 9.53 Å². The smallest absolute Gasteiger partial charge is 0.271 e. The number of rotatable bonds is 6. The van der Waals surface area contributed by atoms with E-state index in [9.17, 15) is 4.79 Å². The maximum Gasteiger partial charge on any atom is 0.271 e. The minimum atomic E-state index is -0.274. The average Bonchev–Trinajstić information content (AvgIpc) is 2.58. The van der Waals surface area contributed by atoms with Crippen LogP contribution in [0.1, 0.15) is 36.2 Å². The lowest BCUT2D eigenvalue weighted by Gasteiger charge is -2.06. The van der Waals surface area contributed by atoms with Crippen molar-refractivity contribution in [3.8, 4) is 5.75 Å². The monoisotopic (exact) mass is 330 g/mol. The summed E-state index contributed by atoms with van der Waals surface area (Å²) in [7, 11) is 0. The Morgan fingerprint density at radius 1 is 1.09 bits per heavy atom. The van der Waals surface area contributed by atoms with Gasteiger partial charge in [-0.15, -0.1) is 0 Å². The first-order valence-electron chi connectivity index (χ1n) is 7.43. The van der Waals surface area contributed by atoms with Crippen molar-refractivity contribution in [2.24, 2.45) is 5.10 Å². The SMILES string of the molecule is CCCOc1ccc(/C(C)=N\NC(=O)c2ccc(Cl)cc2)cc1. The van der Waals surface area contributed by atoms with E-state index in [4.69, 9.17) is 16.3 Å². The number of carbonyl (C=O) groups excluding carboxylic acids is 1. The third-order valence-electron chi connectivity index (χ3n) is 3.18. The highest BCUT2D eigenvalue weighted by atomic mass is 35.5. The number of hydrazone groups is 1. The molecule has 0 radical (unpaired) electrons. The molecule has 0 spiro atoms. The van der Waals surface area contributed by atoms with Gasteiger partial charge in [0.1, 0.15) is 5.75 Å². The first kappa shape index (κ1) is 17.0. The maximum atomic E-state index is 12.0. The van der Waals surface area contributed by atoms with Crippen LogP contribution in [0.3, 0.4) is 0 Å². The van der Waals surface area contributed by atoms with Crippen LogP contribution in [-0.2, 0) is 0 Å². The molecule has 0 heterocycles. The Morgan fingerprint density at radius 3 is 2.30 bits per heavy atom. The van der Waals surface area contributed by atoms with E-state index in [0.717, 1.165) is 17.7 Å². The fraction of sp³-hybridized carbons (Fsp3) is 0.222. The van der Waals surface area contributed by atoms with Crippen molar-refractivity contribution in [3.63, 3.8) is 0 Å². The summed E-state index contributed by atoms with van der Waals surface area (Å²) in [5.74, 6) is 0.553. The molecule has 0 aliphatic rings. The lowest BCUT2D eigenvalue weighted by atomic mass is 10.1. The van der Waals surface area contributed by atoms with Crippen LogP contribution in [0.2, 0.25) is 5.02 Å². The van der Waals surface area contributed by atoms with Crippen LogP contribution < -0.4 is 10.2 Å². The van der Waals surface area contributed by atoms with E-state index in [1.54, 1.807) is 24.3 Å². The van der Waals surface area contributed by atoms with Gasteiger partial charge in [-0.2, -0.15) is 5.10 Å². The zero-order valence-corrected chi connectivity index (χ0v) is 13.9. The highest BCUT2D eigenvalue weighted by Crippen LogP contribution is 2.13. The second kappa shape index (κ2) is 8.34. The summed E-state index contributed by atoms with van der Waals surface area (Å²) < 4.78 is 5.54. The van der Waals surface area contributed by atoms with E-state index in [2.05, 4.69) is 17.5 Å². The number of hydrogen-bond donors (Lipinski definition) is 1. The van der Waals surface area contributed by atoms with Crippen molar-refractivity contribution >= 4 is 23.2 Å². The molecule has 0 atom stereocenters. The molecule has 4 nitrogen and oxygen atoms in total. The van der Waals surface area contributed by atoms with Crippen molar-refractivity contribution in [1.29, 1.82) is 0 Å². The Labute approximate surface area is 141 Å². The predicted molar refractivity (Wildman–Crippen MR) is 93.4 cm³/mol. The van der Waals surface area contributed by atoms with E-state index in [-0.39, 0.29) is 5.91 Å². The van der Waals surface area contributed by atoms with Gasteiger partial charge in [0.05, 0.1) is 12.3 Å². The molecular weight excluding hydrogens is 312 g/mol. The number of benzene rings is 2. The molecule has 120 valence electrons. The van der Waals surface area contributed by atoms with Crippen LogP contribution in [0.4, 0.5) is 0 Å². The molecule has 0 fully saturated rings. The quantitative estimate of drug-likeness (QED) is 0.634. The zero-order chi connectivity index (χ0) is 16.7. The number of hydrogen-bond acceptors (Lipinski definition) is 3. The molecule has 1 N–H and O–H groups in total. The Balaban J connectivity index is 1.99. The lowest BCUT2D eigenvalue weighted by Crippen LogP contribution is -2.19. The number of halogens is 1. The second-order valence-corrected chi connectivity index (χ2v) is 5.45. The van der Waals surface area contributed by atoms with E-state index in [1.165, 1.54) is 0 Å². The molecular formula is C18H19ClN2O2. The van der Waals surface area contributed by atoms with E-state index >= 15 is 0 Å². The van der Waals surface area contributed by atoms with E-state index in [0.29, 0.717) is 22.9 Å². The Morgan fingerprint density at radius 2 is 1.70 bits per heavy atom. The summed E-state index contributed by atoms with van der Waals surface area (Å²) in [5.41, 5.74) is 4.69. The Bertz CT molecular complexity index is 679. The van der Waals surface area contributed by atoms with Crippen LogP contribution in [0, 0.1) is 0 Å². The maximum absolute atomic E-state index is 12.0. The average molecular weight is 331 g/mol. The lowest BCUT2D eigenvalue weighted by molar-refractivity contribution is 0.0955. The number of nitrogens with zero attached hydrogens (tertiary/aromatic N) is 1. The first-order valence-corrected chi connectivity index (χ1v) is 7.81. The summed E-state index contributed by atoms with van der Waals surface area (Å²) in [6, 6.07) is 14.3. The normalized spacial score (nSPS) is 11.2. The van der Waals surface area contributed by atoms with E-state index < -0.39 is 0 Å². The Hall–Kier alpha value is -2.33. The number of ether oxygens (including phenoxy) is 1. The summed E-state index contributed by atoms with van der Waals surface area (Å²) in [5, 5.41) is 4.72. The van der Waals surface area contributed by atoms with Crippen LogP contribution in [-0.4, -0.2) is 18.2 Å². The summed E-state index contributed by atoms with van der Waals surface area (Å²) in [6.45, 7) is 4.60. The molecule has 2 rings (SSSR count). The summed E-state index contributed by atoms with van der Waals surface area (Å²) in [4.78, 5) is 12.0. The summed E-state index contributed by atoms with van der Waals surface area (Å²) >= 11 is 5.80. The fourth-order valence-electron chi connectivity index (χ4n) is 1.88. The van der Waals surface area contributed by atoms with Gasteiger partial charge in [-0.05, 0) is 67.4 Å². The van der Waals surface area contributed by atoms with Crippen LogP contribution in [0.25, 0.3) is 0 Å². The van der Waals surface area contributed by atoms with Gasteiger partial charge in [-0.25, -0.2) is 5.43 Å². The molecule has 0 aliphatic heterocycles. The van der Waals surface area contributed by atoms with Crippen LogP contribution in [0.5, 0.6) is 5.75 Å². The highest BCUT2D eigenvalue weighted by molar-refractivity contribution is 6.30. The molecule has 2 aromatic carbocycles. The Kier molecular flexibility index (Phi) is 6.18. The minimum absolute atomic E-state index is 0.274. The molecule has 0 aliphatic carbocycles. The van der Waals surface area contributed by atoms with Crippen molar-refractivity contribution in [2.45, 2.75) is 20.3 Å². The third kappa shape index (κ3) is 5.11. The van der Waals surface area contributed by atoms with Gasteiger partial charge in [0, 0.05) is 10.6 Å². The van der Waals surface area contributed by atoms with Crippen LogP contribution in [0.15, 0.2) is 53.6 Å². The first-order chi connectivity index (χ1) is 11.1. The third-order valence-corrected chi connectivity index (χ3v) is 3.43. The molecule has 23 heavy (non-hydrogen) atoms. The van der Waals surface area contributed by atoms with Crippen molar-refractivity contribution in [2.75, 3.05) is 6.61 Å². The van der Waals surface area contributed by atoms with Gasteiger partial charge in [0.25, 0.3) is 5.91 Å². The van der Waals surface area contributed by atoms with Crippen LogP contribution >= 0.6 is 11.6 Å². The highest BCUT2D eigenvalue weighted by Gasteiger charge is 2.05. The van der Waals surface area contributed by atoms with Crippen molar-refractivity contribution in [3.05, 3.63) is 64.7 Å². The number of amides is 1. The van der Waals surface area contributed by atoms with Crippen molar-refractivity contribution in [1.82, 2.24) is 5.43 Å². The molecule has 1 amide bonds. The second-order valence-electron chi connectivity index (χ2n) is 5.02. The predicted octanol–water partition coefficient (Wildman–Crippen LogP) is 4.28. The standard InChI is InChI=1S/C18H19ClN2O2/c1-3-12-23-17-10-6-14(7-11-17)13(2)20-21-18(22)15-4-8-16(19)9-5-15/h4-11H,3,12H2,1-2H3,(H,21,22)/b20-13-. The minimum Gasteiger partial charge on any atom is -0.494 e. The molecule has 0 bridgehead atoms.